The van der Waals surface area contributed by atoms with Crippen LogP contribution in [0.15, 0.2) is 23.0 Å². The van der Waals surface area contributed by atoms with Gasteiger partial charge < -0.3 is 14.8 Å². The zero-order valence-corrected chi connectivity index (χ0v) is 11.2. The van der Waals surface area contributed by atoms with Gasteiger partial charge in [0.25, 0.3) is 0 Å². The van der Waals surface area contributed by atoms with E-state index >= 15 is 0 Å². The Kier molecular flexibility index (Phi) is 3.38. The normalized spacial score (nSPS) is 16.7. The van der Waals surface area contributed by atoms with E-state index in [4.69, 9.17) is 10.3 Å². The van der Waals surface area contributed by atoms with Crippen LogP contribution in [0.1, 0.15) is 61.8 Å². The standard InChI is InChI=1S/C14H20N4O/c1-2-3-12(15)11-6-7-18(8-11)9-13-16-14(19-17-13)10-4-5-10/h6-8,10,12H,2-5,9,15H2,1H3. The van der Waals surface area contributed by atoms with E-state index in [0.717, 1.165) is 24.6 Å². The van der Waals surface area contributed by atoms with Gasteiger partial charge in [-0.1, -0.05) is 18.5 Å². The molecule has 1 fully saturated rings. The largest absolute Gasteiger partial charge is 0.346 e. The summed E-state index contributed by atoms with van der Waals surface area (Å²) in [5.41, 5.74) is 7.28. The van der Waals surface area contributed by atoms with Crippen LogP contribution in [0.25, 0.3) is 0 Å². The van der Waals surface area contributed by atoms with Crippen molar-refractivity contribution in [3.63, 3.8) is 0 Å². The first-order chi connectivity index (χ1) is 9.26. The number of hydrogen-bond donors (Lipinski definition) is 1. The van der Waals surface area contributed by atoms with Gasteiger partial charge in [-0.3, -0.25) is 0 Å². The Morgan fingerprint density at radius 2 is 2.37 bits per heavy atom. The van der Waals surface area contributed by atoms with Crippen LogP contribution in [0.5, 0.6) is 0 Å². The lowest BCUT2D eigenvalue weighted by atomic mass is 10.1. The quantitative estimate of drug-likeness (QED) is 0.866. The van der Waals surface area contributed by atoms with Crippen molar-refractivity contribution >= 4 is 0 Å². The van der Waals surface area contributed by atoms with Crippen LogP contribution < -0.4 is 5.73 Å². The van der Waals surface area contributed by atoms with E-state index in [1.165, 1.54) is 18.4 Å². The van der Waals surface area contributed by atoms with Gasteiger partial charge in [0.2, 0.25) is 5.89 Å². The lowest BCUT2D eigenvalue weighted by Crippen LogP contribution is -2.08. The molecule has 0 bridgehead atoms. The van der Waals surface area contributed by atoms with Crippen molar-refractivity contribution in [1.29, 1.82) is 0 Å². The molecule has 0 aliphatic heterocycles. The maximum absolute atomic E-state index is 6.10. The van der Waals surface area contributed by atoms with E-state index in [-0.39, 0.29) is 6.04 Å². The van der Waals surface area contributed by atoms with Crippen molar-refractivity contribution in [1.82, 2.24) is 14.7 Å². The number of nitrogens with zero attached hydrogens (tertiary/aromatic N) is 3. The molecule has 0 radical (unpaired) electrons. The van der Waals surface area contributed by atoms with Gasteiger partial charge in [0, 0.05) is 24.4 Å². The van der Waals surface area contributed by atoms with Gasteiger partial charge in [0.05, 0.1) is 6.54 Å². The molecule has 2 aromatic rings. The Morgan fingerprint density at radius 3 is 3.11 bits per heavy atom. The maximum Gasteiger partial charge on any atom is 0.229 e. The average Bonchev–Trinajstić information content (AvgIpc) is 2.97. The summed E-state index contributed by atoms with van der Waals surface area (Å²) in [5.74, 6) is 2.05. The van der Waals surface area contributed by atoms with Crippen molar-refractivity contribution in [3.8, 4) is 0 Å². The smallest absolute Gasteiger partial charge is 0.229 e. The van der Waals surface area contributed by atoms with Gasteiger partial charge in [0.15, 0.2) is 5.82 Å². The summed E-state index contributed by atoms with van der Waals surface area (Å²) >= 11 is 0. The van der Waals surface area contributed by atoms with Gasteiger partial charge in [-0.2, -0.15) is 4.98 Å². The molecular formula is C14H20N4O. The SMILES string of the molecule is CCCC(N)c1ccn(Cc2noc(C3CC3)n2)c1. The second-order valence-corrected chi connectivity index (χ2v) is 5.34. The molecule has 3 rings (SSSR count). The molecule has 2 aromatic heterocycles. The van der Waals surface area contributed by atoms with Gasteiger partial charge in [-0.25, -0.2) is 0 Å². The van der Waals surface area contributed by atoms with Gasteiger partial charge in [-0.15, -0.1) is 0 Å². The summed E-state index contributed by atoms with van der Waals surface area (Å²) < 4.78 is 7.32. The van der Waals surface area contributed by atoms with E-state index in [1.807, 2.05) is 6.20 Å². The van der Waals surface area contributed by atoms with E-state index in [9.17, 15) is 0 Å². The molecule has 0 aromatic carbocycles. The number of nitrogens with two attached hydrogens (primary N) is 1. The highest BCUT2D eigenvalue weighted by Gasteiger charge is 2.29. The predicted molar refractivity (Wildman–Crippen MR) is 71.6 cm³/mol. The molecular weight excluding hydrogens is 240 g/mol. The highest BCUT2D eigenvalue weighted by atomic mass is 16.5. The summed E-state index contributed by atoms with van der Waals surface area (Å²) in [4.78, 5) is 4.43. The van der Waals surface area contributed by atoms with Crippen LogP contribution in [0.2, 0.25) is 0 Å². The monoisotopic (exact) mass is 260 g/mol. The van der Waals surface area contributed by atoms with Crippen molar-refractivity contribution < 1.29 is 4.52 Å². The fraction of sp³-hybridized carbons (Fsp3) is 0.571. The Labute approximate surface area is 112 Å². The summed E-state index contributed by atoms with van der Waals surface area (Å²) in [5, 5.41) is 4.02. The third kappa shape index (κ3) is 2.87. The Balaban J connectivity index is 1.65. The van der Waals surface area contributed by atoms with Crippen LogP contribution in [-0.2, 0) is 6.54 Å². The predicted octanol–water partition coefficient (Wildman–Crippen LogP) is 2.60. The topological polar surface area (TPSA) is 69.9 Å². The molecule has 2 N–H and O–H groups in total. The lowest BCUT2D eigenvalue weighted by Gasteiger charge is -2.07. The van der Waals surface area contributed by atoms with E-state index in [2.05, 4.69) is 33.9 Å². The van der Waals surface area contributed by atoms with Gasteiger partial charge in [-0.05, 0) is 30.9 Å². The summed E-state index contributed by atoms with van der Waals surface area (Å²) in [6, 6.07) is 2.20. The Hall–Kier alpha value is -1.62. The van der Waals surface area contributed by atoms with Crippen molar-refractivity contribution in [2.45, 2.75) is 51.1 Å². The molecule has 1 unspecified atom stereocenters. The molecule has 5 heteroatoms. The third-order valence-electron chi connectivity index (χ3n) is 3.54. The molecule has 2 heterocycles. The molecule has 102 valence electrons. The molecule has 0 saturated heterocycles. The molecule has 1 aliphatic rings. The highest BCUT2D eigenvalue weighted by Crippen LogP contribution is 2.38. The fourth-order valence-electron chi connectivity index (χ4n) is 2.25. The molecule has 1 aliphatic carbocycles. The highest BCUT2D eigenvalue weighted by molar-refractivity contribution is 5.15. The Morgan fingerprint density at radius 1 is 1.53 bits per heavy atom. The summed E-state index contributed by atoms with van der Waals surface area (Å²) in [7, 11) is 0. The zero-order valence-electron chi connectivity index (χ0n) is 11.2. The van der Waals surface area contributed by atoms with Crippen molar-refractivity contribution in [3.05, 3.63) is 35.7 Å². The minimum atomic E-state index is 0.124. The zero-order chi connectivity index (χ0) is 13.2. The lowest BCUT2D eigenvalue weighted by molar-refractivity contribution is 0.373. The van der Waals surface area contributed by atoms with Crippen molar-refractivity contribution in [2.24, 2.45) is 5.73 Å². The number of aromatic nitrogens is 3. The average molecular weight is 260 g/mol. The maximum atomic E-state index is 6.10. The van der Waals surface area contributed by atoms with Crippen LogP contribution in [0.3, 0.4) is 0 Å². The summed E-state index contributed by atoms with van der Waals surface area (Å²) in [6.45, 7) is 2.80. The first-order valence-electron chi connectivity index (χ1n) is 7.00. The third-order valence-corrected chi connectivity index (χ3v) is 3.54. The summed E-state index contributed by atoms with van der Waals surface area (Å²) in [6.07, 6.45) is 8.58. The molecule has 5 nitrogen and oxygen atoms in total. The second-order valence-electron chi connectivity index (χ2n) is 5.34. The van der Waals surface area contributed by atoms with Crippen LogP contribution >= 0.6 is 0 Å². The van der Waals surface area contributed by atoms with E-state index in [0.29, 0.717) is 12.5 Å². The molecule has 0 amide bonds. The van der Waals surface area contributed by atoms with Crippen LogP contribution in [-0.4, -0.2) is 14.7 Å². The first-order valence-corrected chi connectivity index (χ1v) is 7.00. The van der Waals surface area contributed by atoms with Crippen LogP contribution in [0, 0.1) is 0 Å². The minimum absolute atomic E-state index is 0.124. The van der Waals surface area contributed by atoms with Crippen LogP contribution in [0.4, 0.5) is 0 Å². The van der Waals surface area contributed by atoms with E-state index in [1.54, 1.807) is 0 Å². The Bertz CT molecular complexity index is 541. The first kappa shape index (κ1) is 12.4. The number of rotatable bonds is 6. The minimum Gasteiger partial charge on any atom is -0.346 e. The molecule has 1 atom stereocenters. The molecule has 1 saturated carbocycles. The van der Waals surface area contributed by atoms with Crippen molar-refractivity contribution in [2.75, 3.05) is 0 Å². The number of hydrogen-bond acceptors (Lipinski definition) is 4. The fourth-order valence-corrected chi connectivity index (χ4v) is 2.25. The van der Waals surface area contributed by atoms with Gasteiger partial charge >= 0.3 is 0 Å². The molecule has 19 heavy (non-hydrogen) atoms. The molecule has 0 spiro atoms. The van der Waals surface area contributed by atoms with E-state index < -0.39 is 0 Å². The van der Waals surface area contributed by atoms with Gasteiger partial charge in [0.1, 0.15) is 0 Å². The second kappa shape index (κ2) is 5.17.